The lowest BCUT2D eigenvalue weighted by Gasteiger charge is -2.17. The molecule has 0 bridgehead atoms. The van der Waals surface area contributed by atoms with Gasteiger partial charge < -0.3 is 28.6 Å². The second kappa shape index (κ2) is 9.61. The van der Waals surface area contributed by atoms with Crippen LogP contribution in [-0.2, 0) is 13.0 Å². The average Bonchev–Trinajstić information content (AvgIpc) is 3.63. The Morgan fingerprint density at radius 1 is 1.08 bits per heavy atom. The van der Waals surface area contributed by atoms with Crippen molar-refractivity contribution in [3.63, 3.8) is 0 Å². The third kappa shape index (κ3) is 4.43. The number of fused-ring (bicyclic) bond motifs is 1. The van der Waals surface area contributed by atoms with Gasteiger partial charge in [-0.25, -0.2) is 0 Å². The molecule has 0 aliphatic carbocycles. The average molecular weight is 488 g/mol. The highest BCUT2D eigenvalue weighted by atomic mass is 16.5. The molecule has 1 N–H and O–H groups in total. The van der Waals surface area contributed by atoms with Crippen molar-refractivity contribution < 1.29 is 28.0 Å². The molecule has 0 saturated carbocycles. The number of amides is 2. The number of rotatable bonds is 7. The van der Waals surface area contributed by atoms with Crippen molar-refractivity contribution in [2.45, 2.75) is 26.9 Å². The van der Waals surface area contributed by atoms with E-state index < -0.39 is 0 Å². The third-order valence-corrected chi connectivity index (χ3v) is 6.23. The Balaban J connectivity index is 1.27. The molecule has 0 saturated heterocycles. The monoisotopic (exact) mass is 487 g/mol. The van der Waals surface area contributed by atoms with Crippen LogP contribution in [0.5, 0.6) is 11.5 Å². The number of aryl methyl sites for hydroxylation is 2. The van der Waals surface area contributed by atoms with Gasteiger partial charge in [-0.15, -0.1) is 0 Å². The van der Waals surface area contributed by atoms with Gasteiger partial charge in [-0.2, -0.15) is 0 Å². The van der Waals surface area contributed by atoms with Gasteiger partial charge in [-0.05, 0) is 68.3 Å². The van der Waals surface area contributed by atoms with Crippen LogP contribution in [0, 0.1) is 13.8 Å². The number of anilines is 2. The highest BCUT2D eigenvalue weighted by Gasteiger charge is 2.26. The Morgan fingerprint density at radius 3 is 2.67 bits per heavy atom. The molecule has 0 unspecified atom stereocenters. The van der Waals surface area contributed by atoms with Crippen LogP contribution in [0.15, 0.2) is 63.9 Å². The van der Waals surface area contributed by atoms with Gasteiger partial charge >= 0.3 is 0 Å². The van der Waals surface area contributed by atoms with Crippen molar-refractivity contribution in [3.8, 4) is 11.5 Å². The summed E-state index contributed by atoms with van der Waals surface area (Å²) in [5.74, 6) is 1.26. The highest BCUT2D eigenvalue weighted by Crippen LogP contribution is 2.33. The molecule has 184 valence electrons. The standard InChI is InChI=1S/C27H25N3O6/c1-16-22(17(2)36-29-16)15-35-24-7-4-19(13-25(24)33-3)26(31)28-21-5-6-23-18(12-21)8-10-30(23)27(32)20-9-11-34-14-20/h4-7,9,11-14H,8,10,15H2,1-3H3,(H,28,31). The number of benzene rings is 2. The largest absolute Gasteiger partial charge is 0.493 e. The maximum absolute atomic E-state index is 13.0. The van der Waals surface area contributed by atoms with E-state index in [9.17, 15) is 9.59 Å². The quantitative estimate of drug-likeness (QED) is 0.394. The summed E-state index contributed by atoms with van der Waals surface area (Å²) >= 11 is 0. The summed E-state index contributed by atoms with van der Waals surface area (Å²) in [5, 5.41) is 6.86. The third-order valence-electron chi connectivity index (χ3n) is 6.23. The molecule has 2 amide bonds. The first-order valence-electron chi connectivity index (χ1n) is 11.5. The van der Waals surface area contributed by atoms with Crippen LogP contribution in [0.2, 0.25) is 0 Å². The van der Waals surface area contributed by atoms with E-state index in [2.05, 4.69) is 10.5 Å². The fraction of sp³-hybridized carbons (Fsp3) is 0.222. The minimum atomic E-state index is -0.283. The number of ether oxygens (including phenoxy) is 2. The Morgan fingerprint density at radius 2 is 1.94 bits per heavy atom. The van der Waals surface area contributed by atoms with Crippen LogP contribution in [0.4, 0.5) is 11.4 Å². The maximum Gasteiger partial charge on any atom is 0.261 e. The molecular formula is C27H25N3O6. The molecule has 1 aliphatic heterocycles. The van der Waals surface area contributed by atoms with E-state index in [4.69, 9.17) is 18.4 Å². The Labute approximate surface area is 207 Å². The topological polar surface area (TPSA) is 107 Å². The molecule has 2 aromatic carbocycles. The second-order valence-electron chi connectivity index (χ2n) is 8.47. The van der Waals surface area contributed by atoms with E-state index in [1.165, 1.54) is 19.6 Å². The van der Waals surface area contributed by atoms with E-state index in [1.807, 2.05) is 26.0 Å². The van der Waals surface area contributed by atoms with Crippen LogP contribution in [-0.4, -0.2) is 30.6 Å². The minimum absolute atomic E-state index is 0.108. The normalized spacial score (nSPS) is 12.4. The Kier molecular flexibility index (Phi) is 6.20. The summed E-state index contributed by atoms with van der Waals surface area (Å²) in [6.45, 7) is 4.53. The fourth-order valence-electron chi connectivity index (χ4n) is 4.22. The molecule has 0 atom stereocenters. The van der Waals surface area contributed by atoms with Gasteiger partial charge in [0, 0.05) is 23.5 Å². The van der Waals surface area contributed by atoms with Crippen LogP contribution in [0.1, 0.15) is 43.3 Å². The molecule has 3 heterocycles. The van der Waals surface area contributed by atoms with E-state index in [1.54, 1.807) is 35.2 Å². The van der Waals surface area contributed by atoms with E-state index in [0.717, 1.165) is 22.5 Å². The van der Waals surface area contributed by atoms with Crippen molar-refractivity contribution in [2.75, 3.05) is 23.9 Å². The molecule has 4 aromatic rings. The molecule has 5 rings (SSSR count). The van der Waals surface area contributed by atoms with Crippen LogP contribution in [0.25, 0.3) is 0 Å². The van der Waals surface area contributed by atoms with Gasteiger partial charge in [0.25, 0.3) is 11.8 Å². The number of nitrogens with one attached hydrogen (secondary N) is 1. The number of hydrogen-bond acceptors (Lipinski definition) is 7. The summed E-state index contributed by atoms with van der Waals surface area (Å²) in [6.07, 6.45) is 3.62. The molecule has 0 radical (unpaired) electrons. The van der Waals surface area contributed by atoms with Crippen LogP contribution in [0.3, 0.4) is 0 Å². The number of methoxy groups -OCH3 is 1. The highest BCUT2D eigenvalue weighted by molar-refractivity contribution is 6.08. The Bertz CT molecular complexity index is 1400. The van der Waals surface area contributed by atoms with Gasteiger partial charge in [-0.3, -0.25) is 9.59 Å². The lowest BCUT2D eigenvalue weighted by molar-refractivity contribution is 0.0987. The molecule has 36 heavy (non-hydrogen) atoms. The van der Waals surface area contributed by atoms with Gasteiger partial charge in [0.1, 0.15) is 18.6 Å². The first-order chi connectivity index (χ1) is 17.4. The summed E-state index contributed by atoms with van der Waals surface area (Å²) in [7, 11) is 1.52. The van der Waals surface area contributed by atoms with Gasteiger partial charge in [0.05, 0.1) is 30.2 Å². The molecule has 0 spiro atoms. The molecule has 2 aromatic heterocycles. The van der Waals surface area contributed by atoms with Crippen LogP contribution < -0.4 is 19.7 Å². The summed E-state index contributed by atoms with van der Waals surface area (Å²) in [5.41, 5.74) is 5.05. The number of hydrogen-bond donors (Lipinski definition) is 1. The predicted octanol–water partition coefficient (Wildman–Crippen LogP) is 4.93. The van der Waals surface area contributed by atoms with E-state index in [-0.39, 0.29) is 18.4 Å². The number of aromatic nitrogens is 1. The zero-order chi connectivity index (χ0) is 25.2. The van der Waals surface area contributed by atoms with Crippen molar-refractivity contribution in [1.82, 2.24) is 5.16 Å². The first-order valence-corrected chi connectivity index (χ1v) is 11.5. The molecule has 0 fully saturated rings. The number of nitrogens with zero attached hydrogens (tertiary/aromatic N) is 2. The van der Waals surface area contributed by atoms with Crippen molar-refractivity contribution in [3.05, 3.63) is 88.7 Å². The van der Waals surface area contributed by atoms with Crippen molar-refractivity contribution >= 4 is 23.2 Å². The molecule has 9 nitrogen and oxygen atoms in total. The minimum Gasteiger partial charge on any atom is -0.493 e. The summed E-state index contributed by atoms with van der Waals surface area (Å²) in [4.78, 5) is 27.4. The van der Waals surface area contributed by atoms with Crippen molar-refractivity contribution in [2.24, 2.45) is 0 Å². The number of furan rings is 1. The van der Waals surface area contributed by atoms with Gasteiger partial charge in [0.15, 0.2) is 11.5 Å². The van der Waals surface area contributed by atoms with E-state index in [0.29, 0.717) is 47.0 Å². The van der Waals surface area contributed by atoms with Gasteiger partial charge in [-0.1, -0.05) is 5.16 Å². The smallest absolute Gasteiger partial charge is 0.261 e. The Hall–Kier alpha value is -4.53. The summed E-state index contributed by atoms with van der Waals surface area (Å²) in [6, 6.07) is 12.2. The summed E-state index contributed by atoms with van der Waals surface area (Å²) < 4.78 is 21.6. The predicted molar refractivity (Wildman–Crippen MR) is 132 cm³/mol. The second-order valence-corrected chi connectivity index (χ2v) is 8.47. The lowest BCUT2D eigenvalue weighted by atomic mass is 10.1. The number of carbonyl (C=O) groups is 2. The number of carbonyl (C=O) groups excluding carboxylic acids is 2. The molecule has 9 heteroatoms. The zero-order valence-corrected chi connectivity index (χ0v) is 20.2. The zero-order valence-electron chi connectivity index (χ0n) is 20.2. The van der Waals surface area contributed by atoms with Crippen molar-refractivity contribution in [1.29, 1.82) is 0 Å². The van der Waals surface area contributed by atoms with Gasteiger partial charge in [0.2, 0.25) is 0 Å². The fourth-order valence-corrected chi connectivity index (χ4v) is 4.22. The molecular weight excluding hydrogens is 462 g/mol. The SMILES string of the molecule is COc1cc(C(=O)Nc2ccc3c(c2)CCN3C(=O)c2ccoc2)ccc1OCc1c(C)noc1C. The van der Waals surface area contributed by atoms with Crippen LogP contribution >= 0.6 is 0 Å². The maximum atomic E-state index is 13.0. The lowest BCUT2D eigenvalue weighted by Crippen LogP contribution is -2.28. The first kappa shape index (κ1) is 23.2. The molecule has 1 aliphatic rings. The van der Waals surface area contributed by atoms with E-state index >= 15 is 0 Å².